The molecule has 0 aliphatic carbocycles. The molecule has 23 heavy (non-hydrogen) atoms. The third kappa shape index (κ3) is 2.93. The van der Waals surface area contributed by atoms with Crippen molar-refractivity contribution in [1.82, 2.24) is 19.8 Å². The van der Waals surface area contributed by atoms with E-state index in [1.807, 2.05) is 11.9 Å². The minimum absolute atomic E-state index is 0.0326. The van der Waals surface area contributed by atoms with Gasteiger partial charge in [-0.25, -0.2) is 0 Å². The Hall–Kier alpha value is -2.02. The van der Waals surface area contributed by atoms with Crippen LogP contribution < -0.4 is 5.73 Å². The average Bonchev–Trinajstić information content (AvgIpc) is 2.81. The van der Waals surface area contributed by atoms with E-state index >= 15 is 0 Å². The van der Waals surface area contributed by atoms with Gasteiger partial charge < -0.3 is 15.5 Å². The van der Waals surface area contributed by atoms with E-state index in [4.69, 9.17) is 5.73 Å². The molecular weight excluding hydrogens is 294 g/mol. The van der Waals surface area contributed by atoms with Crippen LogP contribution in [0, 0.1) is 5.41 Å². The van der Waals surface area contributed by atoms with Gasteiger partial charge in [0.2, 0.25) is 11.8 Å². The topological polar surface area (TPSA) is 92.4 Å². The lowest BCUT2D eigenvalue weighted by molar-refractivity contribution is -0.141. The second-order valence-corrected chi connectivity index (χ2v) is 6.54. The monoisotopic (exact) mass is 317 g/mol. The van der Waals surface area contributed by atoms with Crippen molar-refractivity contribution in [1.29, 1.82) is 0 Å². The Kier molecular flexibility index (Phi) is 4.30. The number of amides is 2. The summed E-state index contributed by atoms with van der Waals surface area (Å²) in [6, 6.07) is 0.149. The zero-order valence-corrected chi connectivity index (χ0v) is 13.4. The first-order valence-corrected chi connectivity index (χ1v) is 8.06. The molecular formula is C16H23N5O2. The molecule has 2 aliphatic heterocycles. The number of piperidine rings is 1. The van der Waals surface area contributed by atoms with Crippen molar-refractivity contribution in [3.63, 3.8) is 0 Å². The predicted molar refractivity (Wildman–Crippen MR) is 84.2 cm³/mol. The summed E-state index contributed by atoms with van der Waals surface area (Å²) < 4.78 is 0. The third-order valence-corrected chi connectivity index (χ3v) is 5.26. The summed E-state index contributed by atoms with van der Waals surface area (Å²) in [4.78, 5) is 36.5. The van der Waals surface area contributed by atoms with Gasteiger partial charge in [-0.15, -0.1) is 0 Å². The number of hydrogen-bond acceptors (Lipinski definition) is 5. The van der Waals surface area contributed by atoms with Crippen LogP contribution in [-0.2, 0) is 16.0 Å². The first kappa shape index (κ1) is 15.9. The van der Waals surface area contributed by atoms with Crippen LogP contribution in [0.4, 0.5) is 0 Å². The largest absolute Gasteiger partial charge is 0.342 e. The molecule has 3 rings (SSSR count). The van der Waals surface area contributed by atoms with Gasteiger partial charge in [0.25, 0.3) is 0 Å². The molecule has 2 fully saturated rings. The van der Waals surface area contributed by atoms with E-state index in [2.05, 4.69) is 9.97 Å². The number of likely N-dealkylation sites (N-methyl/N-ethyl adjacent to an activating group) is 1. The molecule has 7 heteroatoms. The van der Waals surface area contributed by atoms with Crippen LogP contribution in [-0.4, -0.2) is 64.3 Å². The zero-order chi connectivity index (χ0) is 16.4. The van der Waals surface area contributed by atoms with Crippen molar-refractivity contribution in [3.8, 4) is 0 Å². The Morgan fingerprint density at radius 3 is 2.74 bits per heavy atom. The normalized spacial score (nSPS) is 23.6. The maximum atomic E-state index is 12.8. The molecule has 2 N–H and O–H groups in total. The lowest BCUT2D eigenvalue weighted by Crippen LogP contribution is -2.47. The second-order valence-electron chi connectivity index (χ2n) is 6.54. The quantitative estimate of drug-likeness (QED) is 0.835. The Balaban J connectivity index is 1.68. The predicted octanol–water partition coefficient (Wildman–Crippen LogP) is -0.183. The highest BCUT2D eigenvalue weighted by molar-refractivity contribution is 5.86. The van der Waals surface area contributed by atoms with E-state index in [1.54, 1.807) is 23.5 Å². The van der Waals surface area contributed by atoms with E-state index in [0.29, 0.717) is 13.1 Å². The summed E-state index contributed by atoms with van der Waals surface area (Å²) in [7, 11) is 1.87. The molecule has 1 aromatic rings. The molecule has 0 unspecified atom stereocenters. The molecule has 0 radical (unpaired) electrons. The number of carbonyl (C=O) groups is 2. The molecule has 0 saturated carbocycles. The van der Waals surface area contributed by atoms with E-state index in [-0.39, 0.29) is 29.8 Å². The number of nitrogens with two attached hydrogens (primary N) is 1. The van der Waals surface area contributed by atoms with Crippen LogP contribution in [0.1, 0.15) is 25.0 Å². The van der Waals surface area contributed by atoms with E-state index in [9.17, 15) is 9.59 Å². The molecule has 7 nitrogen and oxygen atoms in total. The molecule has 3 heterocycles. The fraction of sp³-hybridized carbons (Fsp3) is 0.625. The molecule has 1 spiro atoms. The number of aromatic nitrogens is 2. The molecule has 124 valence electrons. The maximum Gasteiger partial charge on any atom is 0.236 e. The lowest BCUT2D eigenvalue weighted by Gasteiger charge is -2.37. The minimum atomic E-state index is -0.326. The highest BCUT2D eigenvalue weighted by atomic mass is 16.2. The summed E-state index contributed by atoms with van der Waals surface area (Å²) in [6.07, 6.45) is 8.08. The van der Waals surface area contributed by atoms with Crippen LogP contribution in [0.5, 0.6) is 0 Å². The van der Waals surface area contributed by atoms with Gasteiger partial charge in [0.05, 0.1) is 17.7 Å². The molecule has 2 saturated heterocycles. The summed E-state index contributed by atoms with van der Waals surface area (Å²) in [5.74, 6) is 0.168. The van der Waals surface area contributed by atoms with Crippen LogP contribution >= 0.6 is 0 Å². The average molecular weight is 317 g/mol. The van der Waals surface area contributed by atoms with Gasteiger partial charge in [0.1, 0.15) is 0 Å². The Labute approximate surface area is 135 Å². The van der Waals surface area contributed by atoms with Gasteiger partial charge in [-0.3, -0.25) is 19.6 Å². The highest BCUT2D eigenvalue weighted by Gasteiger charge is 2.51. The first-order valence-electron chi connectivity index (χ1n) is 8.06. The Morgan fingerprint density at radius 1 is 1.39 bits per heavy atom. The van der Waals surface area contributed by atoms with Crippen LogP contribution in [0.2, 0.25) is 0 Å². The SMILES string of the molecule is CN1C(=O)C2(CCN(C(=O)CN)CC2)C[C@@H]1Cc1cnccn1. The fourth-order valence-electron chi connectivity index (χ4n) is 3.83. The summed E-state index contributed by atoms with van der Waals surface area (Å²) in [6.45, 7) is 1.27. The van der Waals surface area contributed by atoms with Crippen molar-refractivity contribution in [2.45, 2.75) is 31.7 Å². The number of rotatable bonds is 3. The minimum Gasteiger partial charge on any atom is -0.342 e. The Bertz CT molecular complexity index is 583. The van der Waals surface area contributed by atoms with Gasteiger partial charge in [-0.05, 0) is 19.3 Å². The highest BCUT2D eigenvalue weighted by Crippen LogP contribution is 2.44. The van der Waals surface area contributed by atoms with Crippen molar-refractivity contribution < 1.29 is 9.59 Å². The molecule has 1 aromatic heterocycles. The van der Waals surface area contributed by atoms with Crippen molar-refractivity contribution in [3.05, 3.63) is 24.3 Å². The van der Waals surface area contributed by atoms with E-state index in [1.165, 1.54) is 0 Å². The van der Waals surface area contributed by atoms with Crippen LogP contribution in [0.3, 0.4) is 0 Å². The van der Waals surface area contributed by atoms with Crippen LogP contribution in [0.25, 0.3) is 0 Å². The summed E-state index contributed by atoms with van der Waals surface area (Å²) in [5, 5.41) is 0. The number of carbonyl (C=O) groups excluding carboxylic acids is 2. The number of hydrogen-bond donors (Lipinski definition) is 1. The lowest BCUT2D eigenvalue weighted by atomic mass is 9.75. The molecule has 2 amide bonds. The molecule has 0 bridgehead atoms. The van der Waals surface area contributed by atoms with E-state index < -0.39 is 0 Å². The third-order valence-electron chi connectivity index (χ3n) is 5.26. The van der Waals surface area contributed by atoms with Crippen molar-refractivity contribution in [2.75, 3.05) is 26.7 Å². The smallest absolute Gasteiger partial charge is 0.236 e. The van der Waals surface area contributed by atoms with Gasteiger partial charge in [0.15, 0.2) is 0 Å². The molecule has 0 aromatic carbocycles. The van der Waals surface area contributed by atoms with Gasteiger partial charge in [-0.2, -0.15) is 0 Å². The van der Waals surface area contributed by atoms with Gasteiger partial charge >= 0.3 is 0 Å². The summed E-state index contributed by atoms with van der Waals surface area (Å²) in [5.41, 5.74) is 6.01. The van der Waals surface area contributed by atoms with Gasteiger partial charge in [-0.1, -0.05) is 0 Å². The van der Waals surface area contributed by atoms with E-state index in [0.717, 1.165) is 31.4 Å². The number of nitrogens with zero attached hydrogens (tertiary/aromatic N) is 4. The van der Waals surface area contributed by atoms with Crippen molar-refractivity contribution >= 4 is 11.8 Å². The molecule has 2 aliphatic rings. The standard InChI is InChI=1S/C16H23N5O2/c1-20-13(8-12-11-18-4-5-19-12)9-16(15(20)23)2-6-21(7-3-16)14(22)10-17/h4-5,11,13H,2-3,6-10,17H2,1H3/t13-/m0/s1. The first-order chi connectivity index (χ1) is 11.1. The summed E-state index contributed by atoms with van der Waals surface area (Å²) >= 11 is 0. The van der Waals surface area contributed by atoms with Crippen LogP contribution in [0.15, 0.2) is 18.6 Å². The second kappa shape index (κ2) is 6.23. The Morgan fingerprint density at radius 2 is 2.13 bits per heavy atom. The zero-order valence-electron chi connectivity index (χ0n) is 13.4. The molecule has 1 atom stereocenters. The maximum absolute atomic E-state index is 12.8. The van der Waals surface area contributed by atoms with Gasteiger partial charge in [0, 0.05) is 51.2 Å². The van der Waals surface area contributed by atoms with Crippen molar-refractivity contribution in [2.24, 2.45) is 11.1 Å². The fourth-order valence-corrected chi connectivity index (χ4v) is 3.83. The number of likely N-dealkylation sites (tertiary alicyclic amines) is 2.